The summed E-state index contributed by atoms with van der Waals surface area (Å²) in [5, 5.41) is 3.44. The second-order valence-corrected chi connectivity index (χ2v) is 13.0. The number of rotatable bonds is 13. The molecule has 0 aliphatic rings. The highest BCUT2D eigenvalue weighted by atomic mass is 35.5. The van der Waals surface area contributed by atoms with Crippen molar-refractivity contribution in [2.75, 3.05) is 17.4 Å². The number of nitrogens with zero attached hydrogens (tertiary/aromatic N) is 2. The molecule has 0 saturated carbocycles. The number of aryl methyl sites for hydroxylation is 1. The van der Waals surface area contributed by atoms with Crippen molar-refractivity contribution < 1.29 is 22.7 Å². The summed E-state index contributed by atoms with van der Waals surface area (Å²) in [5.74, 6) is 0.203. The Bertz CT molecular complexity index is 1720. The highest BCUT2D eigenvalue weighted by Crippen LogP contribution is 2.29. The number of hydrogen-bond acceptors (Lipinski definition) is 5. The van der Waals surface area contributed by atoms with Crippen molar-refractivity contribution in [3.8, 4) is 11.5 Å². The number of ether oxygens (including phenoxy) is 1. The molecule has 2 amide bonds. The molecule has 1 N–H and O–H groups in total. The predicted octanol–water partition coefficient (Wildman–Crippen LogP) is 7.23. The topological polar surface area (TPSA) is 96.0 Å². The van der Waals surface area contributed by atoms with E-state index in [-0.39, 0.29) is 23.0 Å². The Hall–Kier alpha value is -4.05. The number of carbonyl (C=O) groups is 2. The van der Waals surface area contributed by atoms with Crippen molar-refractivity contribution in [3.05, 3.63) is 118 Å². The lowest BCUT2D eigenvalue weighted by molar-refractivity contribution is -0.140. The fourth-order valence-corrected chi connectivity index (χ4v) is 6.45. The SMILES string of the molecule is CCNC(=O)[C@@H](CC)N(Cc1ccc(Cl)c(Cl)c1)C(=O)CN(c1ccc(Oc2ccccc2)cc1)S(=O)(=O)c1ccc(C)cc1. The van der Waals surface area contributed by atoms with E-state index in [1.54, 1.807) is 68.4 Å². The molecule has 1 atom stereocenters. The summed E-state index contributed by atoms with van der Waals surface area (Å²) in [6.45, 7) is 5.25. The molecule has 0 aliphatic carbocycles. The van der Waals surface area contributed by atoms with Crippen molar-refractivity contribution in [1.82, 2.24) is 10.2 Å². The zero-order chi connectivity index (χ0) is 32.6. The van der Waals surface area contributed by atoms with Crippen LogP contribution >= 0.6 is 23.2 Å². The fraction of sp³-hybridized carbons (Fsp3) is 0.235. The van der Waals surface area contributed by atoms with Gasteiger partial charge in [-0.2, -0.15) is 0 Å². The van der Waals surface area contributed by atoms with Gasteiger partial charge in [0.1, 0.15) is 24.1 Å². The van der Waals surface area contributed by atoms with Crippen LogP contribution in [-0.4, -0.2) is 44.3 Å². The smallest absolute Gasteiger partial charge is 0.264 e. The Morgan fingerprint density at radius 1 is 0.844 bits per heavy atom. The molecule has 0 saturated heterocycles. The van der Waals surface area contributed by atoms with E-state index in [4.69, 9.17) is 27.9 Å². The number of carbonyl (C=O) groups excluding carboxylic acids is 2. The number of halogens is 2. The Morgan fingerprint density at radius 2 is 1.49 bits per heavy atom. The average molecular weight is 669 g/mol. The lowest BCUT2D eigenvalue weighted by Gasteiger charge is -2.33. The fourth-order valence-electron chi connectivity index (χ4n) is 4.72. The summed E-state index contributed by atoms with van der Waals surface area (Å²) in [6.07, 6.45) is 0.301. The molecule has 11 heteroatoms. The van der Waals surface area contributed by atoms with Gasteiger partial charge in [0.25, 0.3) is 10.0 Å². The summed E-state index contributed by atoms with van der Waals surface area (Å²) in [7, 11) is -4.21. The van der Waals surface area contributed by atoms with Crippen LogP contribution in [0.15, 0.2) is 102 Å². The maximum atomic E-state index is 14.2. The Morgan fingerprint density at radius 3 is 2.09 bits per heavy atom. The maximum Gasteiger partial charge on any atom is 0.264 e. The van der Waals surface area contributed by atoms with Crippen LogP contribution in [0, 0.1) is 6.92 Å². The van der Waals surface area contributed by atoms with Gasteiger partial charge in [-0.25, -0.2) is 8.42 Å². The highest BCUT2D eigenvalue weighted by molar-refractivity contribution is 7.92. The van der Waals surface area contributed by atoms with Gasteiger partial charge in [0.2, 0.25) is 11.8 Å². The minimum Gasteiger partial charge on any atom is -0.457 e. The molecular formula is C34H35Cl2N3O5S. The van der Waals surface area contributed by atoms with Crippen molar-refractivity contribution in [2.45, 2.75) is 44.7 Å². The molecule has 4 rings (SSSR count). The Kier molecular flexibility index (Phi) is 11.5. The summed E-state index contributed by atoms with van der Waals surface area (Å²) in [6, 6.07) is 26.1. The van der Waals surface area contributed by atoms with Crippen LogP contribution in [-0.2, 0) is 26.2 Å². The molecule has 0 aliphatic heterocycles. The van der Waals surface area contributed by atoms with Crippen LogP contribution in [0.1, 0.15) is 31.4 Å². The molecular weight excluding hydrogens is 633 g/mol. The first-order valence-electron chi connectivity index (χ1n) is 14.5. The molecule has 0 bridgehead atoms. The lowest BCUT2D eigenvalue weighted by Crippen LogP contribution is -2.52. The number of likely N-dealkylation sites (N-methyl/N-ethyl adjacent to an activating group) is 1. The summed E-state index contributed by atoms with van der Waals surface area (Å²) in [4.78, 5) is 28.7. The van der Waals surface area contributed by atoms with Gasteiger partial charge < -0.3 is 15.0 Å². The Labute approximate surface area is 274 Å². The molecule has 8 nitrogen and oxygen atoms in total. The number of nitrogens with one attached hydrogen (secondary N) is 1. The summed E-state index contributed by atoms with van der Waals surface area (Å²) in [5.41, 5.74) is 1.78. The first-order chi connectivity index (χ1) is 21.5. The van der Waals surface area contributed by atoms with Crippen LogP contribution in [0.5, 0.6) is 11.5 Å². The zero-order valence-electron chi connectivity index (χ0n) is 25.2. The van der Waals surface area contributed by atoms with Crippen molar-refractivity contribution >= 4 is 50.7 Å². The summed E-state index contributed by atoms with van der Waals surface area (Å²) < 4.78 is 35.2. The maximum absolute atomic E-state index is 14.2. The van der Waals surface area contributed by atoms with Crippen LogP contribution in [0.4, 0.5) is 5.69 Å². The minimum absolute atomic E-state index is 0.00758. The molecule has 4 aromatic rings. The van der Waals surface area contributed by atoms with Crippen LogP contribution in [0.2, 0.25) is 10.0 Å². The number of para-hydroxylation sites is 1. The van der Waals surface area contributed by atoms with Gasteiger partial charge in [-0.15, -0.1) is 0 Å². The second-order valence-electron chi connectivity index (χ2n) is 10.3. The van der Waals surface area contributed by atoms with Gasteiger partial charge in [-0.1, -0.05) is 72.1 Å². The van der Waals surface area contributed by atoms with Crippen molar-refractivity contribution in [1.29, 1.82) is 0 Å². The van der Waals surface area contributed by atoms with Gasteiger partial charge in [0.15, 0.2) is 0 Å². The van der Waals surface area contributed by atoms with Gasteiger partial charge in [-0.05, 0) is 86.5 Å². The van der Waals surface area contributed by atoms with E-state index in [2.05, 4.69) is 5.32 Å². The number of anilines is 1. The second kappa shape index (κ2) is 15.3. The minimum atomic E-state index is -4.21. The van der Waals surface area contributed by atoms with Gasteiger partial charge >= 0.3 is 0 Å². The number of sulfonamides is 1. The monoisotopic (exact) mass is 667 g/mol. The van der Waals surface area contributed by atoms with E-state index in [0.717, 1.165) is 9.87 Å². The number of hydrogen-bond donors (Lipinski definition) is 1. The zero-order valence-corrected chi connectivity index (χ0v) is 27.6. The predicted molar refractivity (Wildman–Crippen MR) is 178 cm³/mol. The third-order valence-electron chi connectivity index (χ3n) is 7.07. The van der Waals surface area contributed by atoms with E-state index in [9.17, 15) is 18.0 Å². The first-order valence-corrected chi connectivity index (χ1v) is 16.7. The average Bonchev–Trinajstić information content (AvgIpc) is 3.02. The van der Waals surface area contributed by atoms with E-state index in [0.29, 0.717) is 40.1 Å². The quantitative estimate of drug-likeness (QED) is 0.162. The van der Waals surface area contributed by atoms with Crippen molar-refractivity contribution in [3.63, 3.8) is 0 Å². The van der Waals surface area contributed by atoms with Gasteiger partial charge in [0.05, 0.1) is 20.6 Å². The molecule has 0 heterocycles. The molecule has 0 unspecified atom stereocenters. The van der Waals surface area contributed by atoms with Crippen LogP contribution in [0.25, 0.3) is 0 Å². The lowest BCUT2D eigenvalue weighted by atomic mass is 10.1. The van der Waals surface area contributed by atoms with Gasteiger partial charge in [0, 0.05) is 13.1 Å². The highest BCUT2D eigenvalue weighted by Gasteiger charge is 2.33. The number of amides is 2. The van der Waals surface area contributed by atoms with E-state index in [1.165, 1.54) is 17.0 Å². The van der Waals surface area contributed by atoms with Crippen LogP contribution in [0.3, 0.4) is 0 Å². The van der Waals surface area contributed by atoms with E-state index >= 15 is 0 Å². The largest absolute Gasteiger partial charge is 0.457 e. The van der Waals surface area contributed by atoms with E-state index in [1.807, 2.05) is 37.3 Å². The van der Waals surface area contributed by atoms with Crippen LogP contribution < -0.4 is 14.4 Å². The van der Waals surface area contributed by atoms with Crippen molar-refractivity contribution in [2.24, 2.45) is 0 Å². The third-order valence-corrected chi connectivity index (χ3v) is 9.59. The first kappa shape index (κ1) is 33.8. The van der Waals surface area contributed by atoms with Gasteiger partial charge in [-0.3, -0.25) is 13.9 Å². The standard InChI is InChI=1S/C34H35Cl2N3O5S/c1-4-32(34(41)37-5-2)38(22-25-13-20-30(35)31(36)21-25)33(40)23-39(45(42,43)29-18-11-24(3)12-19-29)26-14-16-28(17-15-26)44-27-9-7-6-8-10-27/h6-21,32H,4-5,22-23H2,1-3H3,(H,37,41)/t32-/m1/s1. The molecule has 4 aromatic carbocycles. The molecule has 236 valence electrons. The third kappa shape index (κ3) is 8.57. The summed E-state index contributed by atoms with van der Waals surface area (Å²) >= 11 is 12.4. The molecule has 0 radical (unpaired) electrons. The number of benzene rings is 4. The van der Waals surface area contributed by atoms with E-state index < -0.39 is 28.5 Å². The molecule has 0 spiro atoms. The molecule has 0 fully saturated rings. The Balaban J connectivity index is 1.73. The molecule has 45 heavy (non-hydrogen) atoms. The molecule has 0 aromatic heterocycles. The normalized spacial score (nSPS) is 11.8.